The van der Waals surface area contributed by atoms with Crippen molar-refractivity contribution >= 4 is 36.4 Å². The first-order chi connectivity index (χ1) is 12.6. The lowest BCUT2D eigenvalue weighted by Gasteiger charge is -2.23. The maximum Gasteiger partial charge on any atom is 0.265 e. The highest BCUT2D eigenvalue weighted by molar-refractivity contribution is 7.93. The van der Waals surface area contributed by atoms with Crippen molar-refractivity contribution in [2.24, 2.45) is 0 Å². The first-order valence-electron chi connectivity index (χ1n) is 8.10. The predicted molar refractivity (Wildman–Crippen MR) is 106 cm³/mol. The average Bonchev–Trinajstić information content (AvgIpc) is 3.11. The molecule has 0 aliphatic rings. The minimum absolute atomic E-state index is 0.257. The summed E-state index contributed by atoms with van der Waals surface area (Å²) in [7, 11) is -3.68. The minimum atomic E-state index is -3.68. The SMILES string of the molecule is O=S(=O)(c1ccccc1)N(Cc1ccncc1)c1cc2ccccc2s1. The maximum absolute atomic E-state index is 13.3. The Balaban J connectivity index is 1.84. The van der Waals surface area contributed by atoms with Crippen LogP contribution in [0.1, 0.15) is 5.56 Å². The van der Waals surface area contributed by atoms with Crippen molar-refractivity contribution in [3.8, 4) is 0 Å². The third kappa shape index (κ3) is 3.21. The van der Waals surface area contributed by atoms with E-state index in [1.54, 1.807) is 36.7 Å². The normalized spacial score (nSPS) is 11.5. The summed E-state index contributed by atoms with van der Waals surface area (Å²) in [6, 6.07) is 22.1. The number of aromatic nitrogens is 1. The molecule has 4 aromatic rings. The molecule has 4 nitrogen and oxygen atoms in total. The Kier molecular flexibility index (Phi) is 4.44. The van der Waals surface area contributed by atoms with Crippen molar-refractivity contribution in [3.63, 3.8) is 0 Å². The summed E-state index contributed by atoms with van der Waals surface area (Å²) in [5.41, 5.74) is 0.886. The number of fused-ring (bicyclic) bond motifs is 1. The molecule has 0 saturated carbocycles. The summed E-state index contributed by atoms with van der Waals surface area (Å²) in [5.74, 6) is 0. The Morgan fingerprint density at radius 1 is 0.885 bits per heavy atom. The quantitative estimate of drug-likeness (QED) is 0.505. The van der Waals surface area contributed by atoms with Gasteiger partial charge in [0.1, 0.15) is 5.00 Å². The zero-order valence-corrected chi connectivity index (χ0v) is 15.5. The van der Waals surface area contributed by atoms with Gasteiger partial charge < -0.3 is 0 Å². The van der Waals surface area contributed by atoms with Gasteiger partial charge in [0.15, 0.2) is 0 Å². The van der Waals surface area contributed by atoms with Crippen LogP contribution >= 0.6 is 11.3 Å². The highest BCUT2D eigenvalue weighted by Gasteiger charge is 2.26. The third-order valence-electron chi connectivity index (χ3n) is 4.07. The van der Waals surface area contributed by atoms with Crippen molar-refractivity contribution in [2.45, 2.75) is 11.4 Å². The van der Waals surface area contributed by atoms with Crippen LogP contribution in [0.15, 0.2) is 90.1 Å². The van der Waals surface area contributed by atoms with Crippen LogP contribution in [0.3, 0.4) is 0 Å². The molecule has 4 rings (SSSR count). The van der Waals surface area contributed by atoms with Crippen LogP contribution in [-0.2, 0) is 16.6 Å². The molecule has 0 radical (unpaired) electrons. The topological polar surface area (TPSA) is 50.3 Å². The highest BCUT2D eigenvalue weighted by Crippen LogP contribution is 2.36. The third-order valence-corrected chi connectivity index (χ3v) is 7.09. The number of rotatable bonds is 5. The molecule has 0 atom stereocenters. The zero-order valence-electron chi connectivity index (χ0n) is 13.8. The first kappa shape index (κ1) is 16.8. The van der Waals surface area contributed by atoms with E-state index in [1.165, 1.54) is 15.6 Å². The second kappa shape index (κ2) is 6.90. The molecule has 26 heavy (non-hydrogen) atoms. The number of nitrogens with zero attached hydrogens (tertiary/aromatic N) is 2. The lowest BCUT2D eigenvalue weighted by molar-refractivity contribution is 0.591. The molecule has 0 spiro atoms. The number of hydrogen-bond acceptors (Lipinski definition) is 4. The average molecular weight is 380 g/mol. The summed E-state index contributed by atoms with van der Waals surface area (Å²) < 4.78 is 29.2. The molecule has 0 saturated heterocycles. The largest absolute Gasteiger partial charge is 0.265 e. The van der Waals surface area contributed by atoms with Crippen molar-refractivity contribution in [3.05, 3.63) is 90.8 Å². The van der Waals surface area contributed by atoms with Crippen molar-refractivity contribution < 1.29 is 8.42 Å². The summed E-state index contributed by atoms with van der Waals surface area (Å²) >= 11 is 1.48. The van der Waals surface area contributed by atoms with Crippen molar-refractivity contribution in [1.29, 1.82) is 0 Å². The molecule has 0 bridgehead atoms. The predicted octanol–water partition coefficient (Wildman–Crippen LogP) is 4.69. The minimum Gasteiger partial charge on any atom is -0.265 e. The molecule has 130 valence electrons. The van der Waals surface area contributed by atoms with E-state index in [-0.39, 0.29) is 11.4 Å². The van der Waals surface area contributed by atoms with Crippen molar-refractivity contribution in [2.75, 3.05) is 4.31 Å². The summed E-state index contributed by atoms with van der Waals surface area (Å²) in [6.07, 6.45) is 3.35. The number of pyridine rings is 1. The molecule has 2 aromatic carbocycles. The van der Waals surface area contributed by atoms with Crippen LogP contribution in [0.2, 0.25) is 0 Å². The molecule has 2 heterocycles. The van der Waals surface area contributed by atoms with Crippen LogP contribution < -0.4 is 4.31 Å². The summed E-state index contributed by atoms with van der Waals surface area (Å²) in [6.45, 7) is 0.257. The Bertz CT molecular complexity index is 1090. The Morgan fingerprint density at radius 3 is 2.31 bits per heavy atom. The van der Waals surface area contributed by atoms with Gasteiger partial charge in [0, 0.05) is 17.1 Å². The standard InChI is InChI=1S/C20H16N2O2S2/c23-26(24,18-7-2-1-3-8-18)22(15-16-10-12-21-13-11-16)20-14-17-6-4-5-9-19(17)25-20/h1-14H,15H2. The molecular weight excluding hydrogens is 364 g/mol. The number of anilines is 1. The van der Waals surface area contributed by atoms with Gasteiger partial charge in [-0.3, -0.25) is 9.29 Å². The van der Waals surface area contributed by atoms with Crippen LogP contribution in [0.25, 0.3) is 10.1 Å². The number of benzene rings is 2. The molecule has 0 amide bonds. The van der Waals surface area contributed by atoms with E-state index in [2.05, 4.69) is 4.98 Å². The van der Waals surface area contributed by atoms with Gasteiger partial charge in [0.25, 0.3) is 10.0 Å². The monoisotopic (exact) mass is 380 g/mol. The lowest BCUT2D eigenvalue weighted by Crippen LogP contribution is -2.29. The van der Waals surface area contributed by atoms with Crippen LogP contribution in [0.4, 0.5) is 5.00 Å². The number of hydrogen-bond donors (Lipinski definition) is 0. The van der Waals surface area contributed by atoms with Gasteiger partial charge in [0.2, 0.25) is 0 Å². The molecule has 6 heteroatoms. The number of thiophene rings is 1. The van der Waals surface area contributed by atoms with Gasteiger partial charge >= 0.3 is 0 Å². The van der Waals surface area contributed by atoms with E-state index >= 15 is 0 Å². The Hall–Kier alpha value is -2.70. The van der Waals surface area contributed by atoms with Gasteiger partial charge in [-0.2, -0.15) is 0 Å². The van der Waals surface area contributed by atoms with Crippen LogP contribution in [0, 0.1) is 0 Å². The van der Waals surface area contributed by atoms with E-state index in [4.69, 9.17) is 0 Å². The lowest BCUT2D eigenvalue weighted by atomic mass is 10.2. The molecule has 0 unspecified atom stereocenters. The van der Waals surface area contributed by atoms with E-state index in [9.17, 15) is 8.42 Å². The smallest absolute Gasteiger partial charge is 0.265 e. The fourth-order valence-corrected chi connectivity index (χ4v) is 5.49. The molecular formula is C20H16N2O2S2. The van der Waals surface area contributed by atoms with Gasteiger partial charge in [-0.1, -0.05) is 36.4 Å². The van der Waals surface area contributed by atoms with E-state index in [0.717, 1.165) is 15.6 Å². The van der Waals surface area contributed by atoms with Crippen LogP contribution in [0.5, 0.6) is 0 Å². The van der Waals surface area contributed by atoms with Gasteiger partial charge in [0.05, 0.1) is 11.4 Å². The van der Waals surface area contributed by atoms with E-state index in [0.29, 0.717) is 5.00 Å². The van der Waals surface area contributed by atoms with Gasteiger partial charge in [-0.05, 0) is 47.3 Å². The number of sulfonamides is 1. The highest BCUT2D eigenvalue weighted by atomic mass is 32.2. The Labute approximate surface area is 156 Å². The molecule has 0 aliphatic heterocycles. The fourth-order valence-electron chi connectivity index (χ4n) is 2.75. The summed E-state index contributed by atoms with van der Waals surface area (Å²) in [5, 5.41) is 1.74. The van der Waals surface area contributed by atoms with Crippen molar-refractivity contribution in [1.82, 2.24) is 4.98 Å². The molecule has 2 aromatic heterocycles. The molecule has 0 N–H and O–H groups in total. The second-order valence-electron chi connectivity index (χ2n) is 5.80. The Morgan fingerprint density at radius 2 is 1.58 bits per heavy atom. The maximum atomic E-state index is 13.3. The van der Waals surface area contributed by atoms with E-state index in [1.807, 2.05) is 48.5 Å². The van der Waals surface area contributed by atoms with Crippen LogP contribution in [-0.4, -0.2) is 13.4 Å². The second-order valence-corrected chi connectivity index (χ2v) is 8.73. The fraction of sp³-hybridized carbons (Fsp3) is 0.0500. The summed E-state index contributed by atoms with van der Waals surface area (Å²) in [4.78, 5) is 4.30. The van der Waals surface area contributed by atoms with E-state index < -0.39 is 10.0 Å². The van der Waals surface area contributed by atoms with Gasteiger partial charge in [-0.25, -0.2) is 8.42 Å². The molecule has 0 fully saturated rings. The molecule has 0 aliphatic carbocycles. The first-order valence-corrected chi connectivity index (χ1v) is 10.4. The zero-order chi connectivity index (χ0) is 18.0. The van der Waals surface area contributed by atoms with Gasteiger partial charge in [-0.15, -0.1) is 11.3 Å².